The standard InChI is InChI=1S/C12H18F2N2O4S/c13-12(14)9-19-5-4-16-21(17,18)7-6-20-11-3-1-2-10(15)8-11/h1-3,8,12,16H,4-7,9,15H2. The van der Waals surface area contributed by atoms with Crippen molar-refractivity contribution in [1.82, 2.24) is 4.72 Å². The Hall–Kier alpha value is -1.45. The van der Waals surface area contributed by atoms with Crippen LogP contribution >= 0.6 is 0 Å². The van der Waals surface area contributed by atoms with Gasteiger partial charge in [0.1, 0.15) is 19.0 Å². The maximum absolute atomic E-state index is 11.8. The first kappa shape index (κ1) is 17.6. The number of nitrogens with one attached hydrogen (secondary N) is 1. The maximum atomic E-state index is 11.8. The molecule has 0 bridgehead atoms. The number of anilines is 1. The second kappa shape index (κ2) is 8.75. The first-order chi connectivity index (χ1) is 9.89. The van der Waals surface area contributed by atoms with E-state index in [0.717, 1.165) is 0 Å². The summed E-state index contributed by atoms with van der Waals surface area (Å²) < 4.78 is 58.7. The van der Waals surface area contributed by atoms with E-state index < -0.39 is 23.1 Å². The second-order valence-corrected chi connectivity index (χ2v) is 6.03. The zero-order valence-electron chi connectivity index (χ0n) is 11.3. The van der Waals surface area contributed by atoms with Crippen molar-refractivity contribution >= 4 is 15.7 Å². The van der Waals surface area contributed by atoms with Gasteiger partial charge in [0.05, 0.1) is 12.4 Å². The maximum Gasteiger partial charge on any atom is 0.261 e. The van der Waals surface area contributed by atoms with Gasteiger partial charge in [-0.3, -0.25) is 0 Å². The fraction of sp³-hybridized carbons (Fsp3) is 0.500. The summed E-state index contributed by atoms with van der Waals surface area (Å²) in [6.45, 7) is -0.927. The van der Waals surface area contributed by atoms with Crippen LogP contribution in [0.4, 0.5) is 14.5 Å². The van der Waals surface area contributed by atoms with E-state index in [1.54, 1.807) is 24.3 Å². The number of benzene rings is 1. The molecule has 21 heavy (non-hydrogen) atoms. The molecule has 0 fully saturated rings. The number of nitrogen functional groups attached to an aromatic ring is 1. The average Bonchev–Trinajstić information content (AvgIpc) is 2.37. The van der Waals surface area contributed by atoms with Gasteiger partial charge in [-0.1, -0.05) is 6.07 Å². The van der Waals surface area contributed by atoms with Crippen LogP contribution in [0.5, 0.6) is 5.75 Å². The van der Waals surface area contributed by atoms with Gasteiger partial charge in [0, 0.05) is 18.3 Å². The van der Waals surface area contributed by atoms with Crippen molar-refractivity contribution in [2.24, 2.45) is 0 Å². The van der Waals surface area contributed by atoms with E-state index in [1.807, 2.05) is 0 Å². The third-order valence-electron chi connectivity index (χ3n) is 2.29. The molecule has 1 rings (SSSR count). The lowest BCUT2D eigenvalue weighted by Gasteiger charge is -2.09. The quantitative estimate of drug-likeness (QED) is 0.492. The summed E-state index contributed by atoms with van der Waals surface area (Å²) in [5.41, 5.74) is 6.07. The van der Waals surface area contributed by atoms with Gasteiger partial charge in [-0.25, -0.2) is 21.9 Å². The Labute approximate surface area is 122 Å². The van der Waals surface area contributed by atoms with Crippen LogP contribution in [0.25, 0.3) is 0 Å². The molecule has 0 unspecified atom stereocenters. The summed E-state index contributed by atoms with van der Waals surface area (Å²) in [5, 5.41) is 0. The Morgan fingerprint density at radius 3 is 2.71 bits per heavy atom. The van der Waals surface area contributed by atoms with Gasteiger partial charge < -0.3 is 15.2 Å². The smallest absolute Gasteiger partial charge is 0.261 e. The third kappa shape index (κ3) is 8.43. The molecule has 0 heterocycles. The normalized spacial score (nSPS) is 11.8. The highest BCUT2D eigenvalue weighted by atomic mass is 32.2. The second-order valence-electron chi connectivity index (χ2n) is 4.10. The van der Waals surface area contributed by atoms with E-state index >= 15 is 0 Å². The molecule has 0 aliphatic carbocycles. The van der Waals surface area contributed by atoms with E-state index in [4.69, 9.17) is 10.5 Å². The molecule has 3 N–H and O–H groups in total. The zero-order valence-corrected chi connectivity index (χ0v) is 12.1. The van der Waals surface area contributed by atoms with Crippen molar-refractivity contribution in [3.63, 3.8) is 0 Å². The molecule has 0 aliphatic heterocycles. The fourth-order valence-electron chi connectivity index (χ4n) is 1.39. The highest BCUT2D eigenvalue weighted by Gasteiger charge is 2.10. The first-order valence-corrected chi connectivity index (χ1v) is 7.86. The molecular weight excluding hydrogens is 306 g/mol. The summed E-state index contributed by atoms with van der Waals surface area (Å²) in [7, 11) is -3.54. The van der Waals surface area contributed by atoms with Gasteiger partial charge in [0.2, 0.25) is 10.0 Å². The zero-order chi connectivity index (χ0) is 15.7. The minimum Gasteiger partial charge on any atom is -0.492 e. The predicted octanol–water partition coefficient (Wildman–Crippen LogP) is 0.849. The molecule has 0 radical (unpaired) electrons. The van der Waals surface area contributed by atoms with Crippen LogP contribution in [-0.2, 0) is 14.8 Å². The first-order valence-electron chi connectivity index (χ1n) is 6.20. The van der Waals surface area contributed by atoms with Crippen LogP contribution in [0.15, 0.2) is 24.3 Å². The largest absolute Gasteiger partial charge is 0.492 e. The Morgan fingerprint density at radius 1 is 1.29 bits per heavy atom. The van der Waals surface area contributed by atoms with Gasteiger partial charge in [-0.05, 0) is 12.1 Å². The highest BCUT2D eigenvalue weighted by molar-refractivity contribution is 7.89. The lowest BCUT2D eigenvalue weighted by molar-refractivity contribution is 0.0199. The monoisotopic (exact) mass is 324 g/mol. The number of sulfonamides is 1. The minimum atomic E-state index is -3.54. The van der Waals surface area contributed by atoms with Crippen LogP contribution in [0.1, 0.15) is 0 Å². The lowest BCUT2D eigenvalue weighted by Crippen LogP contribution is -2.32. The molecule has 6 nitrogen and oxygen atoms in total. The Bertz CT molecular complexity index is 526. The number of hydrogen-bond acceptors (Lipinski definition) is 5. The molecule has 0 aromatic heterocycles. The lowest BCUT2D eigenvalue weighted by atomic mass is 10.3. The van der Waals surface area contributed by atoms with Crippen molar-refractivity contribution in [3.05, 3.63) is 24.3 Å². The number of hydrogen-bond donors (Lipinski definition) is 2. The van der Waals surface area contributed by atoms with Gasteiger partial charge in [0.15, 0.2) is 0 Å². The van der Waals surface area contributed by atoms with Crippen LogP contribution < -0.4 is 15.2 Å². The molecule has 0 aliphatic rings. The number of nitrogens with two attached hydrogens (primary N) is 1. The third-order valence-corrected chi connectivity index (χ3v) is 3.64. The highest BCUT2D eigenvalue weighted by Crippen LogP contribution is 2.14. The fourth-order valence-corrected chi connectivity index (χ4v) is 2.23. The van der Waals surface area contributed by atoms with Gasteiger partial charge in [0.25, 0.3) is 6.43 Å². The summed E-state index contributed by atoms with van der Waals surface area (Å²) in [6.07, 6.45) is -2.56. The summed E-state index contributed by atoms with van der Waals surface area (Å²) in [5.74, 6) is 0.224. The summed E-state index contributed by atoms with van der Waals surface area (Å²) >= 11 is 0. The van der Waals surface area contributed by atoms with Crippen molar-refractivity contribution in [2.75, 3.05) is 37.9 Å². The molecule has 1 aromatic carbocycles. The molecule has 120 valence electrons. The van der Waals surface area contributed by atoms with Crippen molar-refractivity contribution in [2.45, 2.75) is 6.43 Å². The molecule has 9 heteroatoms. The number of alkyl halides is 2. The average molecular weight is 324 g/mol. The Kier molecular flexibility index (Phi) is 7.34. The van der Waals surface area contributed by atoms with Crippen molar-refractivity contribution in [1.29, 1.82) is 0 Å². The van der Waals surface area contributed by atoms with E-state index in [2.05, 4.69) is 9.46 Å². The van der Waals surface area contributed by atoms with Crippen LogP contribution in [-0.4, -0.2) is 47.0 Å². The van der Waals surface area contributed by atoms with Crippen molar-refractivity contribution in [3.8, 4) is 5.75 Å². The molecule has 0 saturated heterocycles. The van der Waals surface area contributed by atoms with E-state index in [9.17, 15) is 17.2 Å². The van der Waals surface area contributed by atoms with E-state index in [0.29, 0.717) is 11.4 Å². The predicted molar refractivity (Wildman–Crippen MR) is 75.0 cm³/mol. The number of rotatable bonds is 10. The molecule has 0 amide bonds. The van der Waals surface area contributed by atoms with Crippen LogP contribution in [0, 0.1) is 0 Å². The number of ether oxygens (including phenoxy) is 2. The molecule has 0 spiro atoms. The van der Waals surface area contributed by atoms with Gasteiger partial charge in [-0.2, -0.15) is 0 Å². The van der Waals surface area contributed by atoms with E-state index in [1.165, 1.54) is 0 Å². The molecule has 0 atom stereocenters. The molecular formula is C12H18F2N2O4S. The summed E-state index contributed by atoms with van der Waals surface area (Å²) in [4.78, 5) is 0. The van der Waals surface area contributed by atoms with E-state index in [-0.39, 0.29) is 25.5 Å². The van der Waals surface area contributed by atoms with Gasteiger partial charge in [-0.15, -0.1) is 0 Å². The van der Waals surface area contributed by atoms with Crippen LogP contribution in [0.2, 0.25) is 0 Å². The van der Waals surface area contributed by atoms with Gasteiger partial charge >= 0.3 is 0 Å². The van der Waals surface area contributed by atoms with Crippen LogP contribution in [0.3, 0.4) is 0 Å². The Morgan fingerprint density at radius 2 is 2.05 bits per heavy atom. The summed E-state index contributed by atoms with van der Waals surface area (Å²) in [6, 6.07) is 6.62. The minimum absolute atomic E-state index is 0.0450. The van der Waals surface area contributed by atoms with Crippen molar-refractivity contribution < 1.29 is 26.7 Å². The molecule has 0 saturated carbocycles. The number of halogens is 2. The SMILES string of the molecule is Nc1cccc(OCCS(=O)(=O)NCCOCC(F)F)c1. The topological polar surface area (TPSA) is 90.7 Å². The Balaban J connectivity index is 2.20. The molecule has 1 aromatic rings.